The molecule has 4 rings (SSSR count). The lowest BCUT2D eigenvalue weighted by atomic mass is 9.78. The molecule has 3 aliphatic heterocycles. The van der Waals surface area contributed by atoms with Crippen molar-refractivity contribution in [1.29, 1.82) is 0 Å². The molecular weight excluding hydrogens is 348 g/mol. The fraction of sp³-hybridized carbons (Fsp3) is 0.632. The van der Waals surface area contributed by atoms with Crippen molar-refractivity contribution >= 4 is 23.5 Å². The number of hydrogen-bond donors (Lipinski definition) is 2. The summed E-state index contributed by atoms with van der Waals surface area (Å²) in [6.45, 7) is 3.88. The van der Waals surface area contributed by atoms with Gasteiger partial charge >= 0.3 is 6.09 Å². The predicted octanol–water partition coefficient (Wildman–Crippen LogP) is 2.17. The van der Waals surface area contributed by atoms with Gasteiger partial charge in [-0.25, -0.2) is 9.78 Å². The van der Waals surface area contributed by atoms with Gasteiger partial charge in [0.25, 0.3) is 0 Å². The maximum atomic E-state index is 13.3. The third-order valence-corrected chi connectivity index (χ3v) is 6.08. The zero-order chi connectivity index (χ0) is 18.9. The Morgan fingerprint density at radius 3 is 2.78 bits per heavy atom. The van der Waals surface area contributed by atoms with Crippen LogP contribution in [-0.2, 0) is 9.53 Å². The summed E-state index contributed by atoms with van der Waals surface area (Å²) in [6.07, 6.45) is 5.08. The molecule has 3 fully saturated rings. The van der Waals surface area contributed by atoms with E-state index in [1.807, 2.05) is 6.07 Å². The first-order valence-electron chi connectivity index (χ1n) is 9.67. The van der Waals surface area contributed by atoms with Crippen LogP contribution in [0.3, 0.4) is 0 Å². The first-order chi connectivity index (χ1) is 13.1. The van der Waals surface area contributed by atoms with Gasteiger partial charge in [0.15, 0.2) is 0 Å². The van der Waals surface area contributed by atoms with Crippen LogP contribution in [0, 0.1) is 5.41 Å². The third-order valence-electron chi connectivity index (χ3n) is 6.08. The van der Waals surface area contributed by atoms with Gasteiger partial charge in [0.2, 0.25) is 5.91 Å². The summed E-state index contributed by atoms with van der Waals surface area (Å²) in [6, 6.07) is 3.85. The van der Waals surface area contributed by atoms with Crippen molar-refractivity contribution in [3.63, 3.8) is 0 Å². The number of anilines is 2. The van der Waals surface area contributed by atoms with Gasteiger partial charge in [-0.3, -0.25) is 10.1 Å². The van der Waals surface area contributed by atoms with E-state index in [2.05, 4.69) is 20.1 Å². The number of aromatic nitrogens is 1. The molecule has 0 saturated carbocycles. The summed E-state index contributed by atoms with van der Waals surface area (Å²) >= 11 is 0. The minimum absolute atomic E-state index is 0.295. The van der Waals surface area contributed by atoms with E-state index in [0.29, 0.717) is 24.2 Å². The minimum Gasteiger partial charge on any atom is -0.465 e. The van der Waals surface area contributed by atoms with Crippen LogP contribution < -0.4 is 10.2 Å². The van der Waals surface area contributed by atoms with Gasteiger partial charge in [-0.15, -0.1) is 0 Å². The van der Waals surface area contributed by atoms with Gasteiger partial charge in [0.1, 0.15) is 5.82 Å². The van der Waals surface area contributed by atoms with Crippen molar-refractivity contribution in [2.24, 2.45) is 5.41 Å². The SMILES string of the molecule is O=C(O)Nc1ccc(N2CCC[C@]3(CCN(C4CCOCC4)C3=O)C2)nc1. The number of rotatable bonds is 3. The van der Waals surface area contributed by atoms with Gasteiger partial charge in [0, 0.05) is 38.9 Å². The van der Waals surface area contributed by atoms with Gasteiger partial charge in [-0.05, 0) is 44.2 Å². The standard InChI is InChI=1S/C19H26N4O4/c24-17-19(7-9-23(17)15-4-10-27-11-5-15)6-1-8-22(13-19)16-3-2-14(12-20-16)21-18(25)26/h2-3,12,15,21H,1,4-11,13H2,(H,25,26)/t19-/m0/s1. The normalized spacial score (nSPS) is 26.6. The molecule has 8 nitrogen and oxygen atoms in total. The molecule has 8 heteroatoms. The van der Waals surface area contributed by atoms with Gasteiger partial charge < -0.3 is 19.6 Å². The molecule has 0 radical (unpaired) electrons. The largest absolute Gasteiger partial charge is 0.465 e. The third kappa shape index (κ3) is 3.58. The molecule has 146 valence electrons. The smallest absolute Gasteiger partial charge is 0.409 e. The Balaban J connectivity index is 1.46. The first-order valence-corrected chi connectivity index (χ1v) is 9.67. The van der Waals surface area contributed by atoms with Gasteiger partial charge in [0.05, 0.1) is 17.3 Å². The Kier molecular flexibility index (Phi) is 4.90. The quantitative estimate of drug-likeness (QED) is 0.842. The zero-order valence-corrected chi connectivity index (χ0v) is 15.4. The summed E-state index contributed by atoms with van der Waals surface area (Å²) < 4.78 is 5.44. The highest BCUT2D eigenvalue weighted by Gasteiger charge is 2.50. The lowest BCUT2D eigenvalue weighted by Gasteiger charge is -2.40. The molecule has 0 aliphatic carbocycles. The molecule has 1 aromatic heterocycles. The van der Waals surface area contributed by atoms with E-state index in [1.165, 1.54) is 6.20 Å². The van der Waals surface area contributed by atoms with Crippen LogP contribution in [0.2, 0.25) is 0 Å². The molecule has 0 bridgehead atoms. The number of hydrogen-bond acceptors (Lipinski definition) is 5. The number of carbonyl (C=O) groups excluding carboxylic acids is 1. The lowest BCUT2D eigenvalue weighted by molar-refractivity contribution is -0.139. The molecule has 4 heterocycles. The van der Waals surface area contributed by atoms with Crippen LogP contribution in [0.1, 0.15) is 32.1 Å². The number of carbonyl (C=O) groups is 2. The second kappa shape index (κ2) is 7.34. The molecule has 3 aliphatic rings. The Labute approximate surface area is 158 Å². The van der Waals surface area contributed by atoms with E-state index >= 15 is 0 Å². The highest BCUT2D eigenvalue weighted by Crippen LogP contribution is 2.42. The number of pyridine rings is 1. The highest BCUT2D eigenvalue weighted by molar-refractivity contribution is 5.86. The number of likely N-dealkylation sites (tertiary alicyclic amines) is 1. The molecule has 2 amide bonds. The summed E-state index contributed by atoms with van der Waals surface area (Å²) in [5.74, 6) is 1.09. The molecule has 0 unspecified atom stereocenters. The number of carboxylic acid groups (broad SMARTS) is 1. The highest BCUT2D eigenvalue weighted by atomic mass is 16.5. The van der Waals surface area contributed by atoms with Crippen molar-refractivity contribution in [2.75, 3.05) is 43.1 Å². The monoisotopic (exact) mass is 374 g/mol. The maximum Gasteiger partial charge on any atom is 0.409 e. The summed E-state index contributed by atoms with van der Waals surface area (Å²) in [7, 11) is 0. The lowest BCUT2D eigenvalue weighted by Crippen LogP contribution is -2.50. The Hall–Kier alpha value is -2.35. The van der Waals surface area contributed by atoms with Crippen molar-refractivity contribution in [2.45, 2.75) is 38.1 Å². The first kappa shape index (κ1) is 18.0. The van der Waals surface area contributed by atoms with E-state index in [1.54, 1.807) is 6.07 Å². The molecule has 0 aromatic carbocycles. The number of ether oxygens (including phenoxy) is 1. The predicted molar refractivity (Wildman–Crippen MR) is 99.9 cm³/mol. The molecule has 2 N–H and O–H groups in total. The summed E-state index contributed by atoms with van der Waals surface area (Å²) in [5.41, 5.74) is 0.136. The fourth-order valence-corrected chi connectivity index (χ4v) is 4.67. The van der Waals surface area contributed by atoms with Crippen molar-refractivity contribution in [1.82, 2.24) is 9.88 Å². The maximum absolute atomic E-state index is 13.3. The summed E-state index contributed by atoms with van der Waals surface area (Å²) in [4.78, 5) is 32.7. The molecule has 1 spiro atoms. The van der Waals surface area contributed by atoms with E-state index in [9.17, 15) is 9.59 Å². The Morgan fingerprint density at radius 2 is 2.07 bits per heavy atom. The summed E-state index contributed by atoms with van der Waals surface area (Å²) in [5, 5.41) is 11.1. The van der Waals surface area contributed by atoms with Gasteiger partial charge in [-0.1, -0.05) is 0 Å². The van der Waals surface area contributed by atoms with Crippen molar-refractivity contribution in [3.8, 4) is 0 Å². The molecule has 3 saturated heterocycles. The fourth-order valence-electron chi connectivity index (χ4n) is 4.67. The van der Waals surface area contributed by atoms with Crippen LogP contribution in [0.15, 0.2) is 18.3 Å². The van der Waals surface area contributed by atoms with Gasteiger partial charge in [-0.2, -0.15) is 0 Å². The van der Waals surface area contributed by atoms with E-state index in [0.717, 1.165) is 64.2 Å². The van der Waals surface area contributed by atoms with E-state index < -0.39 is 6.09 Å². The number of piperidine rings is 1. The second-order valence-electron chi connectivity index (χ2n) is 7.73. The number of nitrogens with one attached hydrogen (secondary N) is 1. The topological polar surface area (TPSA) is 95.0 Å². The van der Waals surface area contributed by atoms with E-state index in [-0.39, 0.29) is 5.41 Å². The number of amides is 2. The van der Waals surface area contributed by atoms with Crippen LogP contribution in [-0.4, -0.2) is 65.9 Å². The average Bonchev–Trinajstić information content (AvgIpc) is 2.98. The number of nitrogens with zero attached hydrogens (tertiary/aromatic N) is 3. The molecule has 1 aromatic rings. The molecule has 27 heavy (non-hydrogen) atoms. The second-order valence-corrected chi connectivity index (χ2v) is 7.73. The van der Waals surface area contributed by atoms with Crippen LogP contribution in [0.25, 0.3) is 0 Å². The molecular formula is C19H26N4O4. The van der Waals surface area contributed by atoms with Crippen molar-refractivity contribution < 1.29 is 19.4 Å². The van der Waals surface area contributed by atoms with E-state index in [4.69, 9.17) is 9.84 Å². The van der Waals surface area contributed by atoms with Crippen LogP contribution >= 0.6 is 0 Å². The molecule has 1 atom stereocenters. The Bertz CT molecular complexity index is 704. The van der Waals surface area contributed by atoms with Crippen LogP contribution in [0.4, 0.5) is 16.3 Å². The zero-order valence-electron chi connectivity index (χ0n) is 15.4. The average molecular weight is 374 g/mol. The van der Waals surface area contributed by atoms with Crippen molar-refractivity contribution in [3.05, 3.63) is 18.3 Å². The Morgan fingerprint density at radius 1 is 1.26 bits per heavy atom. The minimum atomic E-state index is -1.11. The van der Waals surface area contributed by atoms with Crippen LogP contribution in [0.5, 0.6) is 0 Å².